The third-order valence-electron chi connectivity index (χ3n) is 3.67. The number of benzene rings is 1. The van der Waals surface area contributed by atoms with E-state index in [1.54, 1.807) is 18.2 Å². The Kier molecular flexibility index (Phi) is 5.08. The summed E-state index contributed by atoms with van der Waals surface area (Å²) in [6, 6.07) is 7.50. The predicted octanol–water partition coefficient (Wildman–Crippen LogP) is 3.51. The monoisotopic (exact) mass is 281 g/mol. The maximum absolute atomic E-state index is 12.1. The maximum atomic E-state index is 12.1. The van der Waals surface area contributed by atoms with E-state index in [1.807, 2.05) is 18.0 Å². The number of hydrogen-bond acceptors (Lipinski definition) is 2. The largest absolute Gasteiger partial charge is 0.484 e. The van der Waals surface area contributed by atoms with Crippen molar-refractivity contribution in [1.82, 2.24) is 4.90 Å². The Bertz CT molecular complexity index is 430. The molecule has 0 atom stereocenters. The number of carbonyl (C=O) groups excluding carboxylic acids is 1. The minimum absolute atomic E-state index is 0.0341. The van der Waals surface area contributed by atoms with E-state index < -0.39 is 0 Å². The lowest BCUT2D eigenvalue weighted by atomic mass is 9.94. The molecule has 1 saturated carbocycles. The summed E-state index contributed by atoms with van der Waals surface area (Å²) in [7, 11) is 1.87. The molecule has 104 valence electrons. The Labute approximate surface area is 119 Å². The molecule has 4 heteroatoms. The zero-order chi connectivity index (χ0) is 13.7. The average Bonchev–Trinajstić information content (AvgIpc) is 2.45. The van der Waals surface area contributed by atoms with Crippen LogP contribution in [0.5, 0.6) is 5.75 Å². The summed E-state index contributed by atoms with van der Waals surface area (Å²) < 4.78 is 5.48. The smallest absolute Gasteiger partial charge is 0.260 e. The third kappa shape index (κ3) is 4.13. The van der Waals surface area contributed by atoms with Gasteiger partial charge in [-0.15, -0.1) is 0 Å². The standard InChI is InChI=1S/C15H20ClNO2/c1-17(13-7-3-2-4-8-13)15(18)11-19-14-9-5-6-12(16)10-14/h5-6,9-10,13H,2-4,7-8,11H2,1H3. The van der Waals surface area contributed by atoms with Crippen LogP contribution in [0.15, 0.2) is 24.3 Å². The van der Waals surface area contributed by atoms with Gasteiger partial charge in [0.2, 0.25) is 0 Å². The first-order chi connectivity index (χ1) is 9.16. The molecule has 0 spiro atoms. The van der Waals surface area contributed by atoms with Gasteiger partial charge in [-0.05, 0) is 31.0 Å². The Hall–Kier alpha value is -1.22. The summed E-state index contributed by atoms with van der Waals surface area (Å²) >= 11 is 5.87. The SMILES string of the molecule is CN(C(=O)COc1cccc(Cl)c1)C1CCCCC1. The van der Waals surface area contributed by atoms with Gasteiger partial charge in [0.05, 0.1) is 0 Å². The molecule has 0 radical (unpaired) electrons. The van der Waals surface area contributed by atoms with E-state index in [1.165, 1.54) is 19.3 Å². The predicted molar refractivity (Wildman–Crippen MR) is 76.6 cm³/mol. The van der Waals surface area contributed by atoms with Gasteiger partial charge < -0.3 is 9.64 Å². The lowest BCUT2D eigenvalue weighted by Gasteiger charge is -2.31. The molecule has 1 aromatic rings. The van der Waals surface area contributed by atoms with Gasteiger partial charge in [0, 0.05) is 18.1 Å². The molecule has 0 saturated heterocycles. The molecule has 0 unspecified atom stereocenters. The van der Waals surface area contributed by atoms with E-state index in [0.717, 1.165) is 12.8 Å². The van der Waals surface area contributed by atoms with Crippen LogP contribution in [-0.4, -0.2) is 30.5 Å². The molecule has 1 amide bonds. The number of nitrogens with zero attached hydrogens (tertiary/aromatic N) is 1. The Morgan fingerprint density at radius 1 is 1.37 bits per heavy atom. The second-order valence-electron chi connectivity index (χ2n) is 5.04. The molecule has 1 aromatic carbocycles. The van der Waals surface area contributed by atoms with E-state index >= 15 is 0 Å². The van der Waals surface area contributed by atoms with Crippen LogP contribution in [0.4, 0.5) is 0 Å². The molecule has 0 N–H and O–H groups in total. The van der Waals surface area contributed by atoms with Gasteiger partial charge in [0.25, 0.3) is 5.91 Å². The number of amides is 1. The fraction of sp³-hybridized carbons (Fsp3) is 0.533. The maximum Gasteiger partial charge on any atom is 0.260 e. The van der Waals surface area contributed by atoms with Gasteiger partial charge in [0.1, 0.15) is 5.75 Å². The summed E-state index contributed by atoms with van der Waals surface area (Å²) in [5.74, 6) is 0.671. The van der Waals surface area contributed by atoms with Crippen LogP contribution >= 0.6 is 11.6 Å². The van der Waals surface area contributed by atoms with Crippen LogP contribution in [0.3, 0.4) is 0 Å². The Balaban J connectivity index is 1.83. The summed E-state index contributed by atoms with van der Waals surface area (Å²) in [6.07, 6.45) is 5.95. The zero-order valence-corrected chi connectivity index (χ0v) is 12.0. The van der Waals surface area contributed by atoms with Crippen LogP contribution < -0.4 is 4.74 Å². The average molecular weight is 282 g/mol. The normalized spacial score (nSPS) is 16.1. The number of ether oxygens (including phenoxy) is 1. The fourth-order valence-electron chi connectivity index (χ4n) is 2.48. The van der Waals surface area contributed by atoms with Gasteiger partial charge >= 0.3 is 0 Å². The van der Waals surface area contributed by atoms with Crippen LogP contribution in [0.25, 0.3) is 0 Å². The number of hydrogen-bond donors (Lipinski definition) is 0. The van der Waals surface area contributed by atoms with Crippen molar-refractivity contribution >= 4 is 17.5 Å². The van der Waals surface area contributed by atoms with Crippen molar-refractivity contribution in [3.05, 3.63) is 29.3 Å². The topological polar surface area (TPSA) is 29.5 Å². The third-order valence-corrected chi connectivity index (χ3v) is 3.91. The van der Waals surface area contributed by atoms with Crippen LogP contribution in [0.2, 0.25) is 5.02 Å². The lowest BCUT2D eigenvalue weighted by molar-refractivity contribution is -0.134. The Morgan fingerprint density at radius 3 is 2.79 bits per heavy atom. The van der Waals surface area contributed by atoms with Crippen molar-refractivity contribution < 1.29 is 9.53 Å². The van der Waals surface area contributed by atoms with E-state index in [-0.39, 0.29) is 12.5 Å². The van der Waals surface area contributed by atoms with Crippen LogP contribution in [0, 0.1) is 0 Å². The Morgan fingerprint density at radius 2 is 2.11 bits per heavy atom. The molecule has 3 nitrogen and oxygen atoms in total. The summed E-state index contributed by atoms with van der Waals surface area (Å²) in [6.45, 7) is 0.0767. The first-order valence-corrected chi connectivity index (χ1v) is 7.18. The minimum atomic E-state index is 0.0341. The highest BCUT2D eigenvalue weighted by Gasteiger charge is 2.22. The first-order valence-electron chi connectivity index (χ1n) is 6.81. The molecular formula is C15H20ClNO2. The summed E-state index contributed by atoms with van der Waals surface area (Å²) in [5.41, 5.74) is 0. The highest BCUT2D eigenvalue weighted by atomic mass is 35.5. The quantitative estimate of drug-likeness (QED) is 0.845. The van der Waals surface area contributed by atoms with E-state index in [9.17, 15) is 4.79 Å². The van der Waals surface area contributed by atoms with Gasteiger partial charge in [-0.2, -0.15) is 0 Å². The second kappa shape index (κ2) is 6.80. The molecule has 19 heavy (non-hydrogen) atoms. The number of rotatable bonds is 4. The van der Waals surface area contributed by atoms with Crippen molar-refractivity contribution in [1.29, 1.82) is 0 Å². The highest BCUT2D eigenvalue weighted by Crippen LogP contribution is 2.22. The van der Waals surface area contributed by atoms with Gasteiger partial charge in [0.15, 0.2) is 6.61 Å². The molecular weight excluding hydrogens is 262 g/mol. The molecule has 1 aliphatic rings. The van der Waals surface area contributed by atoms with Crippen LogP contribution in [-0.2, 0) is 4.79 Å². The van der Waals surface area contributed by atoms with Gasteiger partial charge in [-0.25, -0.2) is 0 Å². The summed E-state index contributed by atoms with van der Waals surface area (Å²) in [5, 5.41) is 0.616. The molecule has 1 aliphatic carbocycles. The van der Waals surface area contributed by atoms with Crippen molar-refractivity contribution in [3.63, 3.8) is 0 Å². The number of carbonyl (C=O) groups is 1. The molecule has 1 fully saturated rings. The fourth-order valence-corrected chi connectivity index (χ4v) is 2.66. The van der Waals surface area contributed by atoms with Gasteiger partial charge in [-0.1, -0.05) is 36.9 Å². The van der Waals surface area contributed by atoms with E-state index in [0.29, 0.717) is 16.8 Å². The van der Waals surface area contributed by atoms with Gasteiger partial charge in [-0.3, -0.25) is 4.79 Å². The first kappa shape index (κ1) is 14.2. The molecule has 0 aromatic heterocycles. The second-order valence-corrected chi connectivity index (χ2v) is 5.48. The zero-order valence-electron chi connectivity index (χ0n) is 11.3. The minimum Gasteiger partial charge on any atom is -0.484 e. The van der Waals surface area contributed by atoms with E-state index in [4.69, 9.17) is 16.3 Å². The lowest BCUT2D eigenvalue weighted by Crippen LogP contribution is -2.40. The summed E-state index contributed by atoms with van der Waals surface area (Å²) in [4.78, 5) is 13.9. The van der Waals surface area contributed by atoms with Crippen molar-refractivity contribution in [2.24, 2.45) is 0 Å². The molecule has 0 aliphatic heterocycles. The molecule has 0 heterocycles. The molecule has 0 bridgehead atoms. The van der Waals surface area contributed by atoms with E-state index in [2.05, 4.69) is 0 Å². The van der Waals surface area contributed by atoms with Crippen molar-refractivity contribution in [2.45, 2.75) is 38.1 Å². The molecule has 2 rings (SSSR count). The van der Waals surface area contributed by atoms with Crippen molar-refractivity contribution in [3.8, 4) is 5.75 Å². The number of likely N-dealkylation sites (N-methyl/N-ethyl adjacent to an activating group) is 1. The van der Waals surface area contributed by atoms with Crippen LogP contribution in [0.1, 0.15) is 32.1 Å². The highest BCUT2D eigenvalue weighted by molar-refractivity contribution is 6.30. The van der Waals surface area contributed by atoms with Crippen molar-refractivity contribution in [2.75, 3.05) is 13.7 Å². The number of halogens is 1.